The van der Waals surface area contributed by atoms with Crippen molar-refractivity contribution in [3.8, 4) is 0 Å². The van der Waals surface area contributed by atoms with E-state index in [0.29, 0.717) is 23.6 Å². The van der Waals surface area contributed by atoms with Gasteiger partial charge in [-0.3, -0.25) is 9.48 Å². The highest BCUT2D eigenvalue weighted by molar-refractivity contribution is 6.03. The van der Waals surface area contributed by atoms with E-state index in [-0.39, 0.29) is 11.9 Å². The summed E-state index contributed by atoms with van der Waals surface area (Å²) in [6.45, 7) is 4.16. The number of nitrogens with zero attached hydrogens (tertiary/aromatic N) is 2. The second kappa shape index (κ2) is 6.89. The lowest BCUT2D eigenvalue weighted by Gasteiger charge is -2.07. The molecule has 1 heterocycles. The summed E-state index contributed by atoms with van der Waals surface area (Å²) < 4.78 is 6.58. The van der Waals surface area contributed by atoms with Crippen LogP contribution >= 0.6 is 0 Å². The highest BCUT2D eigenvalue weighted by Gasteiger charge is 2.12. The van der Waals surface area contributed by atoms with Gasteiger partial charge in [0.05, 0.1) is 17.9 Å². The van der Waals surface area contributed by atoms with Crippen molar-refractivity contribution >= 4 is 17.6 Å². The molecule has 0 spiro atoms. The van der Waals surface area contributed by atoms with Crippen LogP contribution in [0.25, 0.3) is 0 Å². The summed E-state index contributed by atoms with van der Waals surface area (Å²) in [5, 5.41) is 6.90. The van der Waals surface area contributed by atoms with Crippen LogP contribution < -0.4 is 5.32 Å². The van der Waals surface area contributed by atoms with Crippen LogP contribution in [0.5, 0.6) is 0 Å². The molecule has 2 rings (SSSR count). The molecule has 116 valence electrons. The maximum atomic E-state index is 12.1. The molecule has 0 saturated carbocycles. The number of esters is 1. The molecule has 0 fully saturated rings. The number of benzene rings is 1. The van der Waals surface area contributed by atoms with E-state index in [1.165, 1.54) is 4.68 Å². The Kier molecular flexibility index (Phi) is 4.93. The average Bonchev–Trinajstić information content (AvgIpc) is 2.84. The van der Waals surface area contributed by atoms with Crippen LogP contribution in [-0.2, 0) is 11.8 Å². The lowest BCUT2D eigenvalue weighted by atomic mass is 10.2. The number of aromatic nitrogens is 2. The maximum absolute atomic E-state index is 12.1. The predicted octanol–water partition coefficient (Wildman–Crippen LogP) is 2.55. The van der Waals surface area contributed by atoms with Gasteiger partial charge in [0.25, 0.3) is 5.91 Å². The van der Waals surface area contributed by atoms with Crippen LogP contribution in [0.1, 0.15) is 39.9 Å². The molecule has 0 bridgehead atoms. The number of amides is 1. The minimum atomic E-state index is -0.359. The van der Waals surface area contributed by atoms with Gasteiger partial charge in [0.15, 0.2) is 0 Å². The number of nitrogens with one attached hydrogen (secondary N) is 1. The molecule has 1 aromatic heterocycles. The first kappa shape index (κ1) is 15.8. The molecule has 22 heavy (non-hydrogen) atoms. The van der Waals surface area contributed by atoms with Gasteiger partial charge >= 0.3 is 5.97 Å². The van der Waals surface area contributed by atoms with Crippen molar-refractivity contribution in [2.45, 2.75) is 20.3 Å². The number of rotatable bonds is 5. The Labute approximate surface area is 129 Å². The zero-order chi connectivity index (χ0) is 16.1. The molecule has 0 aliphatic carbocycles. The molecule has 0 atom stereocenters. The fraction of sp³-hybridized carbons (Fsp3) is 0.312. The molecular weight excluding hydrogens is 282 g/mol. The summed E-state index contributed by atoms with van der Waals surface area (Å²) in [7, 11) is 1.72. The number of carbonyl (C=O) groups is 2. The maximum Gasteiger partial charge on any atom is 0.338 e. The molecule has 6 heteroatoms. The second-order valence-corrected chi connectivity index (χ2v) is 4.96. The summed E-state index contributed by atoms with van der Waals surface area (Å²) in [4.78, 5) is 23.8. The number of hydrogen-bond donors (Lipinski definition) is 1. The summed E-state index contributed by atoms with van der Waals surface area (Å²) in [6, 6.07) is 8.31. The molecule has 1 N–H and O–H groups in total. The molecular formula is C16H19N3O3. The van der Waals surface area contributed by atoms with E-state index in [0.717, 1.165) is 12.1 Å². The molecule has 1 amide bonds. The second-order valence-electron chi connectivity index (χ2n) is 4.96. The highest BCUT2D eigenvalue weighted by atomic mass is 16.5. The standard InChI is InChI=1S/C16H19N3O3/c1-4-9-22-16(21)12-5-7-13(8-6-12)17-15(20)14-10-11(2)18-19(14)3/h5-8,10H,4,9H2,1-3H3,(H,17,20). The van der Waals surface area contributed by atoms with Crippen molar-refractivity contribution in [1.82, 2.24) is 9.78 Å². The molecule has 0 saturated heterocycles. The Morgan fingerprint density at radius 2 is 1.95 bits per heavy atom. The first-order valence-electron chi connectivity index (χ1n) is 7.10. The van der Waals surface area contributed by atoms with Crippen molar-refractivity contribution in [2.75, 3.05) is 11.9 Å². The molecule has 2 aromatic rings. The normalized spacial score (nSPS) is 10.3. The van der Waals surface area contributed by atoms with Gasteiger partial charge in [0.1, 0.15) is 5.69 Å². The minimum absolute atomic E-state index is 0.246. The summed E-state index contributed by atoms with van der Waals surface area (Å²) in [5.41, 5.74) is 2.32. The van der Waals surface area contributed by atoms with E-state index in [1.54, 1.807) is 37.4 Å². The van der Waals surface area contributed by atoms with Crippen LogP contribution in [0.15, 0.2) is 30.3 Å². The lowest BCUT2D eigenvalue weighted by Crippen LogP contribution is -2.16. The van der Waals surface area contributed by atoms with Crippen molar-refractivity contribution in [1.29, 1.82) is 0 Å². The molecule has 0 radical (unpaired) electrons. The number of aryl methyl sites for hydroxylation is 2. The highest BCUT2D eigenvalue weighted by Crippen LogP contribution is 2.13. The Morgan fingerprint density at radius 3 is 2.50 bits per heavy atom. The van der Waals surface area contributed by atoms with E-state index in [2.05, 4.69) is 10.4 Å². The first-order valence-corrected chi connectivity index (χ1v) is 7.10. The topological polar surface area (TPSA) is 73.2 Å². The van der Waals surface area contributed by atoms with Crippen LogP contribution in [0.3, 0.4) is 0 Å². The van der Waals surface area contributed by atoms with Crippen LogP contribution in [0, 0.1) is 6.92 Å². The van der Waals surface area contributed by atoms with Gasteiger partial charge in [0, 0.05) is 12.7 Å². The van der Waals surface area contributed by atoms with Gasteiger partial charge in [-0.2, -0.15) is 5.10 Å². The van der Waals surface area contributed by atoms with Crippen LogP contribution in [-0.4, -0.2) is 28.3 Å². The van der Waals surface area contributed by atoms with Gasteiger partial charge in [-0.25, -0.2) is 4.79 Å². The molecule has 1 aromatic carbocycles. The zero-order valence-corrected chi connectivity index (χ0v) is 12.9. The van der Waals surface area contributed by atoms with Crippen molar-refractivity contribution in [2.24, 2.45) is 7.05 Å². The Bertz CT molecular complexity index is 674. The summed E-state index contributed by atoms with van der Waals surface area (Å²) >= 11 is 0. The Hall–Kier alpha value is -2.63. The summed E-state index contributed by atoms with van der Waals surface area (Å²) in [5.74, 6) is -0.605. The molecule has 6 nitrogen and oxygen atoms in total. The first-order chi connectivity index (χ1) is 10.5. The van der Waals surface area contributed by atoms with Gasteiger partial charge in [-0.15, -0.1) is 0 Å². The van der Waals surface area contributed by atoms with Gasteiger partial charge in [0.2, 0.25) is 0 Å². The Balaban J connectivity index is 2.03. The van der Waals surface area contributed by atoms with E-state index in [9.17, 15) is 9.59 Å². The Morgan fingerprint density at radius 1 is 1.27 bits per heavy atom. The smallest absolute Gasteiger partial charge is 0.338 e. The average molecular weight is 301 g/mol. The summed E-state index contributed by atoms with van der Waals surface area (Å²) in [6.07, 6.45) is 0.782. The molecule has 0 aliphatic heterocycles. The fourth-order valence-electron chi connectivity index (χ4n) is 1.99. The van der Waals surface area contributed by atoms with Gasteiger partial charge in [-0.1, -0.05) is 6.92 Å². The monoisotopic (exact) mass is 301 g/mol. The largest absolute Gasteiger partial charge is 0.462 e. The van der Waals surface area contributed by atoms with Gasteiger partial charge < -0.3 is 10.1 Å². The fourth-order valence-corrected chi connectivity index (χ4v) is 1.99. The minimum Gasteiger partial charge on any atom is -0.462 e. The SMILES string of the molecule is CCCOC(=O)c1ccc(NC(=O)c2cc(C)nn2C)cc1. The quantitative estimate of drug-likeness (QED) is 0.861. The molecule has 0 aliphatic rings. The predicted molar refractivity (Wildman–Crippen MR) is 82.9 cm³/mol. The van der Waals surface area contributed by atoms with E-state index in [1.807, 2.05) is 13.8 Å². The van der Waals surface area contributed by atoms with Crippen LogP contribution in [0.4, 0.5) is 5.69 Å². The van der Waals surface area contributed by atoms with Crippen LogP contribution in [0.2, 0.25) is 0 Å². The van der Waals surface area contributed by atoms with Crippen molar-refractivity contribution < 1.29 is 14.3 Å². The van der Waals surface area contributed by atoms with Crippen molar-refractivity contribution in [3.05, 3.63) is 47.3 Å². The number of anilines is 1. The third kappa shape index (κ3) is 3.72. The van der Waals surface area contributed by atoms with E-state index in [4.69, 9.17) is 4.74 Å². The number of carbonyl (C=O) groups excluding carboxylic acids is 2. The lowest BCUT2D eigenvalue weighted by molar-refractivity contribution is 0.0505. The van der Waals surface area contributed by atoms with E-state index < -0.39 is 0 Å². The molecule has 0 unspecified atom stereocenters. The zero-order valence-electron chi connectivity index (χ0n) is 12.9. The third-order valence-corrected chi connectivity index (χ3v) is 3.05. The van der Waals surface area contributed by atoms with E-state index >= 15 is 0 Å². The number of ether oxygens (including phenoxy) is 1. The van der Waals surface area contributed by atoms with Gasteiger partial charge in [-0.05, 0) is 43.7 Å². The number of hydrogen-bond acceptors (Lipinski definition) is 4. The van der Waals surface area contributed by atoms with Crippen molar-refractivity contribution in [3.63, 3.8) is 0 Å². The third-order valence-electron chi connectivity index (χ3n) is 3.05.